The number of nitrogens with zero attached hydrogens (tertiary/aromatic N) is 6. The van der Waals surface area contributed by atoms with Gasteiger partial charge in [-0.25, -0.2) is 9.97 Å². The van der Waals surface area contributed by atoms with Crippen molar-refractivity contribution in [3.63, 3.8) is 0 Å². The standard InChI is InChI=1S/C22H32N6/c1-17-7-4-9-23-22(17)20-8-5-11-28(20)16-19-15-21(25-18(2)24-19)27-12-6-10-26(3)13-14-27/h4,7,9,15,20H,5-6,8,10-14,16H2,1-3H3/t20-/m0/s1. The number of likely N-dealkylation sites (N-methyl/N-ethyl adjacent to an activating group) is 1. The lowest BCUT2D eigenvalue weighted by Gasteiger charge is -2.26. The van der Waals surface area contributed by atoms with Crippen LogP contribution in [0.25, 0.3) is 0 Å². The zero-order chi connectivity index (χ0) is 19.5. The molecule has 1 atom stereocenters. The Labute approximate surface area is 168 Å². The van der Waals surface area contributed by atoms with Crippen LogP contribution in [-0.2, 0) is 6.54 Å². The zero-order valence-electron chi connectivity index (χ0n) is 17.4. The van der Waals surface area contributed by atoms with E-state index in [1.807, 2.05) is 19.2 Å². The highest BCUT2D eigenvalue weighted by Gasteiger charge is 2.28. The number of aromatic nitrogens is 3. The zero-order valence-corrected chi connectivity index (χ0v) is 17.4. The molecule has 0 N–H and O–H groups in total. The van der Waals surface area contributed by atoms with E-state index in [1.54, 1.807) is 0 Å². The summed E-state index contributed by atoms with van der Waals surface area (Å²) in [5.74, 6) is 1.96. The van der Waals surface area contributed by atoms with E-state index >= 15 is 0 Å². The van der Waals surface area contributed by atoms with Crippen molar-refractivity contribution in [2.75, 3.05) is 44.7 Å². The van der Waals surface area contributed by atoms with Gasteiger partial charge in [0.15, 0.2) is 0 Å². The summed E-state index contributed by atoms with van der Waals surface area (Å²) in [6, 6.07) is 6.80. The molecule has 0 aliphatic carbocycles. The van der Waals surface area contributed by atoms with Crippen molar-refractivity contribution in [3.05, 3.63) is 47.2 Å². The molecule has 6 heteroatoms. The number of rotatable bonds is 4. The molecule has 0 radical (unpaired) electrons. The van der Waals surface area contributed by atoms with E-state index in [4.69, 9.17) is 15.0 Å². The summed E-state index contributed by atoms with van der Waals surface area (Å²) in [5, 5.41) is 0. The lowest BCUT2D eigenvalue weighted by Crippen LogP contribution is -2.30. The van der Waals surface area contributed by atoms with Gasteiger partial charge in [-0.1, -0.05) is 6.07 Å². The van der Waals surface area contributed by atoms with E-state index in [2.05, 4.69) is 40.8 Å². The molecule has 2 aliphatic heterocycles. The molecule has 0 aromatic carbocycles. The summed E-state index contributed by atoms with van der Waals surface area (Å²) < 4.78 is 0. The van der Waals surface area contributed by atoms with Crippen LogP contribution < -0.4 is 4.90 Å². The maximum atomic E-state index is 4.77. The van der Waals surface area contributed by atoms with Crippen LogP contribution in [0, 0.1) is 13.8 Å². The second-order valence-electron chi connectivity index (χ2n) is 8.24. The van der Waals surface area contributed by atoms with Crippen LogP contribution in [0.15, 0.2) is 24.4 Å². The predicted octanol–water partition coefficient (Wildman–Crippen LogP) is 2.97. The highest BCUT2D eigenvalue weighted by atomic mass is 15.2. The second kappa shape index (κ2) is 8.53. The van der Waals surface area contributed by atoms with Gasteiger partial charge in [-0.2, -0.15) is 0 Å². The Morgan fingerprint density at radius 3 is 2.79 bits per heavy atom. The Bertz CT molecular complexity index is 807. The first kappa shape index (κ1) is 19.3. The SMILES string of the molecule is Cc1nc(CN2CCC[C@H]2c2ncccc2C)cc(N2CCCN(C)CC2)n1. The Morgan fingerprint density at radius 2 is 1.93 bits per heavy atom. The molecule has 0 bridgehead atoms. The van der Waals surface area contributed by atoms with E-state index in [0.29, 0.717) is 6.04 Å². The fraction of sp³-hybridized carbons (Fsp3) is 0.591. The molecule has 150 valence electrons. The van der Waals surface area contributed by atoms with Crippen molar-refractivity contribution in [2.24, 2.45) is 0 Å². The highest BCUT2D eigenvalue weighted by Crippen LogP contribution is 2.33. The van der Waals surface area contributed by atoms with Crippen molar-refractivity contribution in [1.29, 1.82) is 0 Å². The van der Waals surface area contributed by atoms with Crippen molar-refractivity contribution >= 4 is 5.82 Å². The van der Waals surface area contributed by atoms with Gasteiger partial charge in [0.1, 0.15) is 11.6 Å². The summed E-state index contributed by atoms with van der Waals surface area (Å²) in [5.41, 5.74) is 3.63. The molecule has 2 aromatic heterocycles. The molecule has 28 heavy (non-hydrogen) atoms. The molecule has 2 fully saturated rings. The Balaban J connectivity index is 1.53. The molecular weight excluding hydrogens is 348 g/mol. The third kappa shape index (κ3) is 4.33. The van der Waals surface area contributed by atoms with E-state index in [0.717, 1.165) is 56.6 Å². The molecule has 0 amide bonds. The van der Waals surface area contributed by atoms with E-state index in [-0.39, 0.29) is 0 Å². The number of pyridine rings is 1. The normalized spacial score (nSPS) is 21.8. The van der Waals surface area contributed by atoms with Gasteiger partial charge < -0.3 is 9.80 Å². The maximum Gasteiger partial charge on any atom is 0.132 e. The lowest BCUT2D eigenvalue weighted by molar-refractivity contribution is 0.240. The number of hydrogen-bond acceptors (Lipinski definition) is 6. The monoisotopic (exact) mass is 380 g/mol. The predicted molar refractivity (Wildman–Crippen MR) is 112 cm³/mol. The van der Waals surface area contributed by atoms with Crippen LogP contribution >= 0.6 is 0 Å². The molecule has 0 saturated carbocycles. The minimum Gasteiger partial charge on any atom is -0.355 e. The summed E-state index contributed by atoms with van der Waals surface area (Å²) in [6.45, 7) is 10.5. The van der Waals surface area contributed by atoms with Gasteiger partial charge in [0.25, 0.3) is 0 Å². The Kier molecular flexibility index (Phi) is 5.87. The number of aryl methyl sites for hydroxylation is 2. The quantitative estimate of drug-likeness (QED) is 0.813. The molecule has 2 aromatic rings. The summed E-state index contributed by atoms with van der Waals surface area (Å²) >= 11 is 0. The number of hydrogen-bond donors (Lipinski definition) is 0. The van der Waals surface area contributed by atoms with Crippen molar-refractivity contribution in [3.8, 4) is 0 Å². The third-order valence-electron chi connectivity index (χ3n) is 6.02. The van der Waals surface area contributed by atoms with E-state index in [9.17, 15) is 0 Å². The number of anilines is 1. The second-order valence-corrected chi connectivity index (χ2v) is 8.24. The molecule has 6 nitrogen and oxygen atoms in total. The average Bonchev–Trinajstić information content (AvgIpc) is 3.00. The van der Waals surface area contributed by atoms with E-state index in [1.165, 1.54) is 30.5 Å². The fourth-order valence-corrected chi connectivity index (χ4v) is 4.51. The Hall–Kier alpha value is -2.05. The first-order chi connectivity index (χ1) is 13.6. The van der Waals surface area contributed by atoms with Gasteiger partial charge in [-0.15, -0.1) is 0 Å². The van der Waals surface area contributed by atoms with E-state index < -0.39 is 0 Å². The molecule has 4 heterocycles. The van der Waals surface area contributed by atoms with Crippen LogP contribution in [-0.4, -0.2) is 64.5 Å². The fourth-order valence-electron chi connectivity index (χ4n) is 4.51. The van der Waals surface area contributed by atoms with Crippen molar-refractivity contribution < 1.29 is 0 Å². The van der Waals surface area contributed by atoms with Gasteiger partial charge in [-0.05, 0) is 64.9 Å². The van der Waals surface area contributed by atoms with Crippen molar-refractivity contribution in [1.82, 2.24) is 24.8 Å². The average molecular weight is 381 g/mol. The maximum absolute atomic E-state index is 4.77. The van der Waals surface area contributed by atoms with Gasteiger partial charge in [0.2, 0.25) is 0 Å². The third-order valence-corrected chi connectivity index (χ3v) is 6.02. The van der Waals surface area contributed by atoms with Crippen LogP contribution in [0.1, 0.15) is 48.1 Å². The lowest BCUT2D eigenvalue weighted by atomic mass is 10.1. The Morgan fingerprint density at radius 1 is 1.04 bits per heavy atom. The van der Waals surface area contributed by atoms with Crippen LogP contribution in [0.3, 0.4) is 0 Å². The van der Waals surface area contributed by atoms with Gasteiger partial charge in [0.05, 0.1) is 17.4 Å². The minimum atomic E-state index is 0.395. The van der Waals surface area contributed by atoms with Crippen LogP contribution in [0.2, 0.25) is 0 Å². The van der Waals surface area contributed by atoms with Crippen molar-refractivity contribution in [2.45, 2.75) is 45.7 Å². The molecular formula is C22H32N6. The molecule has 4 rings (SSSR count). The van der Waals surface area contributed by atoms with Crippen LogP contribution in [0.4, 0.5) is 5.82 Å². The molecule has 2 aliphatic rings. The van der Waals surface area contributed by atoms with Gasteiger partial charge in [0, 0.05) is 38.4 Å². The summed E-state index contributed by atoms with van der Waals surface area (Å²) in [6.07, 6.45) is 5.49. The van der Waals surface area contributed by atoms with Crippen LogP contribution in [0.5, 0.6) is 0 Å². The van der Waals surface area contributed by atoms with Gasteiger partial charge in [-0.3, -0.25) is 9.88 Å². The largest absolute Gasteiger partial charge is 0.355 e. The van der Waals surface area contributed by atoms with Gasteiger partial charge >= 0.3 is 0 Å². The first-order valence-electron chi connectivity index (χ1n) is 10.5. The smallest absolute Gasteiger partial charge is 0.132 e. The molecule has 2 saturated heterocycles. The summed E-state index contributed by atoms with van der Waals surface area (Å²) in [4.78, 5) is 21.6. The summed E-state index contributed by atoms with van der Waals surface area (Å²) in [7, 11) is 2.20. The molecule has 0 unspecified atom stereocenters. The number of likely N-dealkylation sites (tertiary alicyclic amines) is 1. The first-order valence-corrected chi connectivity index (χ1v) is 10.5. The topological polar surface area (TPSA) is 48.4 Å². The minimum absolute atomic E-state index is 0.395. The highest BCUT2D eigenvalue weighted by molar-refractivity contribution is 5.40. The molecule has 0 spiro atoms.